The Labute approximate surface area is 310 Å². The molecule has 4 heterocycles. The number of amides is 2. The third-order valence-electron chi connectivity index (χ3n) is 10.4. The third kappa shape index (κ3) is 9.10. The topological polar surface area (TPSA) is 69.2 Å². The summed E-state index contributed by atoms with van der Waals surface area (Å²) >= 11 is 0.538. The highest BCUT2D eigenvalue weighted by Crippen LogP contribution is 2.46. The molecule has 3 aromatic rings. The summed E-state index contributed by atoms with van der Waals surface area (Å²) in [5.74, 6) is -0.477. The first-order valence-corrected chi connectivity index (χ1v) is 19.1. The monoisotopic (exact) mass is 767 g/mol. The minimum Gasteiger partial charge on any atom is -0.490 e. The number of para-hydroxylation sites is 2. The van der Waals surface area contributed by atoms with Crippen molar-refractivity contribution in [3.05, 3.63) is 75.7 Å². The van der Waals surface area contributed by atoms with E-state index in [0.717, 1.165) is 55.6 Å². The number of hydrogen-bond acceptors (Lipinski definition) is 7. The van der Waals surface area contributed by atoms with Crippen LogP contribution in [0.3, 0.4) is 0 Å². The Morgan fingerprint density at radius 3 is 2.34 bits per heavy atom. The summed E-state index contributed by atoms with van der Waals surface area (Å²) in [4.78, 5) is 39.6. The molecule has 1 aromatic carbocycles. The molecule has 2 aliphatic heterocycles. The number of alkyl halides is 6. The standard InChI is InChI=1S/C38H47F6N5O3S/c1-4-10-32-36(24-27-23-33(53-26-27)38(42,43)44,14-9-16-49(32)34(50)28-25-45-15-13-29(28)37(39,40)41)35(51)48-19-17-47(18-20-48)30-11-7-8-12-31(30)52-22-21-46(5-2)6-3/h7-8,11-13,15,23,25-26,32H,4-6,9-10,14,16-22,24H2,1-3H3/t32-,36+/m1/s1. The normalized spacial score (nSPS) is 19.9. The van der Waals surface area contributed by atoms with Crippen LogP contribution < -0.4 is 9.64 Å². The van der Waals surface area contributed by atoms with Crippen LogP contribution in [0, 0.1) is 5.41 Å². The van der Waals surface area contributed by atoms with Gasteiger partial charge in [0.2, 0.25) is 5.91 Å². The van der Waals surface area contributed by atoms with E-state index in [9.17, 15) is 31.1 Å². The molecular formula is C38H47F6N5O3S. The van der Waals surface area contributed by atoms with E-state index < -0.39 is 45.7 Å². The summed E-state index contributed by atoms with van der Waals surface area (Å²) in [6.45, 7) is 10.8. The van der Waals surface area contributed by atoms with Crippen molar-refractivity contribution in [1.82, 2.24) is 19.7 Å². The fourth-order valence-corrected chi connectivity index (χ4v) is 8.53. The van der Waals surface area contributed by atoms with Gasteiger partial charge in [-0.3, -0.25) is 14.6 Å². The summed E-state index contributed by atoms with van der Waals surface area (Å²) in [5, 5.41) is 1.39. The number of nitrogens with zero attached hydrogens (tertiary/aromatic N) is 5. The number of likely N-dealkylation sites (tertiary alicyclic amines) is 1. The Morgan fingerprint density at radius 2 is 1.70 bits per heavy atom. The zero-order valence-corrected chi connectivity index (χ0v) is 31.1. The van der Waals surface area contributed by atoms with Crippen molar-refractivity contribution in [2.75, 3.05) is 63.9 Å². The highest BCUT2D eigenvalue weighted by atomic mass is 32.1. The van der Waals surface area contributed by atoms with Crippen LogP contribution in [-0.4, -0.2) is 96.5 Å². The van der Waals surface area contributed by atoms with E-state index in [1.807, 2.05) is 31.2 Å². The number of benzene rings is 1. The van der Waals surface area contributed by atoms with Crippen LogP contribution in [0.4, 0.5) is 32.0 Å². The van der Waals surface area contributed by atoms with E-state index in [-0.39, 0.29) is 38.1 Å². The molecule has 0 unspecified atom stereocenters. The van der Waals surface area contributed by atoms with E-state index in [0.29, 0.717) is 56.1 Å². The second-order valence-corrected chi connectivity index (χ2v) is 14.5. The van der Waals surface area contributed by atoms with E-state index in [4.69, 9.17) is 4.74 Å². The molecule has 15 heteroatoms. The Bertz CT molecular complexity index is 1690. The zero-order valence-electron chi connectivity index (χ0n) is 30.3. The largest absolute Gasteiger partial charge is 0.490 e. The Hall–Kier alpha value is -3.85. The smallest absolute Gasteiger partial charge is 0.425 e. The predicted molar refractivity (Wildman–Crippen MR) is 192 cm³/mol. The molecule has 0 bridgehead atoms. The fraction of sp³-hybridized carbons (Fsp3) is 0.553. The van der Waals surface area contributed by atoms with Gasteiger partial charge in [0.25, 0.3) is 5.91 Å². The number of halogens is 6. The van der Waals surface area contributed by atoms with Crippen LogP contribution >= 0.6 is 11.3 Å². The number of carbonyl (C=O) groups excluding carboxylic acids is 2. The van der Waals surface area contributed by atoms with Gasteiger partial charge in [0, 0.05) is 57.7 Å². The molecule has 0 radical (unpaired) electrons. The number of ether oxygens (including phenoxy) is 1. The Morgan fingerprint density at radius 1 is 0.981 bits per heavy atom. The number of aromatic nitrogens is 1. The van der Waals surface area contributed by atoms with Gasteiger partial charge in [-0.25, -0.2) is 0 Å². The van der Waals surface area contributed by atoms with Crippen LogP contribution in [0.25, 0.3) is 0 Å². The molecule has 2 fully saturated rings. The minimum absolute atomic E-state index is 0.0878. The van der Waals surface area contributed by atoms with Crippen molar-refractivity contribution in [3.63, 3.8) is 0 Å². The molecule has 290 valence electrons. The first kappa shape index (κ1) is 40.3. The van der Waals surface area contributed by atoms with E-state index in [1.54, 1.807) is 4.90 Å². The van der Waals surface area contributed by atoms with Crippen LogP contribution in [0.1, 0.15) is 72.8 Å². The summed E-state index contributed by atoms with van der Waals surface area (Å²) in [6, 6.07) is 8.64. The van der Waals surface area contributed by atoms with Crippen molar-refractivity contribution in [2.45, 2.75) is 71.3 Å². The molecule has 0 N–H and O–H groups in total. The van der Waals surface area contributed by atoms with Gasteiger partial charge in [-0.1, -0.05) is 39.3 Å². The number of piperidine rings is 1. The third-order valence-corrected chi connectivity index (χ3v) is 11.5. The molecule has 2 aliphatic rings. The maximum absolute atomic E-state index is 15.0. The van der Waals surface area contributed by atoms with E-state index in [2.05, 4.69) is 28.6 Å². The molecule has 2 saturated heterocycles. The van der Waals surface area contributed by atoms with Crippen LogP contribution in [0.15, 0.2) is 54.2 Å². The summed E-state index contributed by atoms with van der Waals surface area (Å²) in [6.07, 6.45) is -6.32. The molecule has 5 rings (SSSR count). The van der Waals surface area contributed by atoms with Gasteiger partial charge in [0.15, 0.2) is 0 Å². The van der Waals surface area contributed by atoms with Gasteiger partial charge in [-0.15, -0.1) is 11.3 Å². The highest BCUT2D eigenvalue weighted by molar-refractivity contribution is 7.10. The van der Waals surface area contributed by atoms with Gasteiger partial charge >= 0.3 is 12.4 Å². The number of carbonyl (C=O) groups is 2. The number of piperazine rings is 1. The Balaban J connectivity index is 1.45. The van der Waals surface area contributed by atoms with Crippen LogP contribution in [0.2, 0.25) is 0 Å². The SMILES string of the molecule is CCC[C@H]1N(C(=O)c2cnccc2C(F)(F)F)CCC[C@@]1(Cc1csc(C(F)(F)F)c1)C(=O)N1CCN(c2ccccc2OCCN(CC)CC)CC1. The molecule has 0 spiro atoms. The lowest BCUT2D eigenvalue weighted by Crippen LogP contribution is -2.63. The van der Waals surface area contributed by atoms with Gasteiger partial charge in [-0.05, 0) is 74.0 Å². The lowest BCUT2D eigenvalue weighted by Gasteiger charge is -2.51. The lowest BCUT2D eigenvalue weighted by molar-refractivity contribution is -0.150. The van der Waals surface area contributed by atoms with E-state index in [1.165, 1.54) is 10.3 Å². The summed E-state index contributed by atoms with van der Waals surface area (Å²) < 4.78 is 89.6. The number of thiophene rings is 1. The van der Waals surface area contributed by atoms with E-state index >= 15 is 4.79 Å². The second-order valence-electron chi connectivity index (χ2n) is 13.6. The first-order valence-electron chi connectivity index (χ1n) is 18.2. The van der Waals surface area contributed by atoms with Crippen LogP contribution in [-0.2, 0) is 23.6 Å². The molecule has 53 heavy (non-hydrogen) atoms. The van der Waals surface area contributed by atoms with Crippen molar-refractivity contribution >= 4 is 28.8 Å². The molecular weight excluding hydrogens is 721 g/mol. The average Bonchev–Trinajstić information content (AvgIpc) is 3.63. The number of rotatable bonds is 13. The number of hydrogen-bond donors (Lipinski definition) is 0. The van der Waals surface area contributed by atoms with Crippen molar-refractivity contribution in [3.8, 4) is 5.75 Å². The average molecular weight is 768 g/mol. The predicted octanol–water partition coefficient (Wildman–Crippen LogP) is 7.88. The molecule has 0 aliphatic carbocycles. The lowest BCUT2D eigenvalue weighted by atomic mass is 9.66. The number of anilines is 1. The molecule has 2 aromatic heterocycles. The molecule has 2 amide bonds. The number of pyridine rings is 1. The van der Waals surface area contributed by atoms with Gasteiger partial charge in [0.05, 0.1) is 22.2 Å². The molecule has 0 saturated carbocycles. The maximum Gasteiger partial charge on any atom is 0.425 e. The Kier molecular flexibility index (Phi) is 13.0. The van der Waals surface area contributed by atoms with Crippen LogP contribution in [0.5, 0.6) is 5.75 Å². The minimum atomic E-state index is -4.82. The fourth-order valence-electron chi connectivity index (χ4n) is 7.74. The molecule has 8 nitrogen and oxygen atoms in total. The quantitative estimate of drug-likeness (QED) is 0.165. The summed E-state index contributed by atoms with van der Waals surface area (Å²) in [7, 11) is 0. The van der Waals surface area contributed by atoms with Crippen molar-refractivity contribution in [1.29, 1.82) is 0 Å². The first-order chi connectivity index (χ1) is 25.2. The van der Waals surface area contributed by atoms with Crippen molar-refractivity contribution < 1.29 is 40.7 Å². The van der Waals surface area contributed by atoms with Gasteiger partial charge < -0.3 is 24.3 Å². The summed E-state index contributed by atoms with van der Waals surface area (Å²) in [5.41, 5.74) is -1.93. The highest BCUT2D eigenvalue weighted by Gasteiger charge is 2.53. The number of likely N-dealkylation sites (N-methyl/N-ethyl adjacent to an activating group) is 1. The second kappa shape index (κ2) is 17.1. The zero-order chi connectivity index (χ0) is 38.4. The van der Waals surface area contributed by atoms with Gasteiger partial charge in [0.1, 0.15) is 17.2 Å². The molecule has 2 atom stereocenters. The maximum atomic E-state index is 15.0. The van der Waals surface area contributed by atoms with Gasteiger partial charge in [-0.2, -0.15) is 26.3 Å². The van der Waals surface area contributed by atoms with Crippen molar-refractivity contribution in [2.24, 2.45) is 5.41 Å².